The van der Waals surface area contributed by atoms with Gasteiger partial charge in [-0.05, 0) is 71.1 Å². The van der Waals surface area contributed by atoms with Crippen molar-refractivity contribution in [2.75, 3.05) is 0 Å². The second kappa shape index (κ2) is 4.99. The number of ether oxygens (including phenoxy) is 1. The summed E-state index contributed by atoms with van der Waals surface area (Å²) in [5.41, 5.74) is 0.634. The van der Waals surface area contributed by atoms with Gasteiger partial charge in [0.1, 0.15) is 11.5 Å². The lowest BCUT2D eigenvalue weighted by atomic mass is 10.2. The molecule has 0 amide bonds. The van der Waals surface area contributed by atoms with E-state index in [1.165, 1.54) is 3.57 Å². The van der Waals surface area contributed by atoms with E-state index in [4.69, 9.17) is 10.00 Å². The van der Waals surface area contributed by atoms with Gasteiger partial charge in [0.05, 0.1) is 11.6 Å². The first-order valence-electron chi connectivity index (χ1n) is 4.71. The molecule has 0 heterocycles. The van der Waals surface area contributed by atoms with Gasteiger partial charge in [-0.25, -0.2) is 0 Å². The van der Waals surface area contributed by atoms with E-state index in [1.807, 2.05) is 24.3 Å². The average Bonchev–Trinajstić information content (AvgIpc) is 2.33. The van der Waals surface area contributed by atoms with Gasteiger partial charge in [0, 0.05) is 3.57 Å². The molecule has 2 nitrogen and oxygen atoms in total. The van der Waals surface area contributed by atoms with Crippen molar-refractivity contribution >= 4 is 22.6 Å². The Balaban J connectivity index is 2.15. The summed E-state index contributed by atoms with van der Waals surface area (Å²) in [4.78, 5) is 0. The zero-order valence-electron chi connectivity index (χ0n) is 8.35. The maximum atomic E-state index is 8.66. The van der Waals surface area contributed by atoms with Crippen LogP contribution < -0.4 is 4.74 Å². The molecule has 0 fully saturated rings. The predicted molar refractivity (Wildman–Crippen MR) is 70.4 cm³/mol. The first-order valence-corrected chi connectivity index (χ1v) is 5.79. The summed E-state index contributed by atoms with van der Waals surface area (Å²) >= 11 is 2.25. The quantitative estimate of drug-likeness (QED) is 0.785. The van der Waals surface area contributed by atoms with Gasteiger partial charge in [-0.1, -0.05) is 0 Å². The number of nitriles is 1. The molecule has 0 unspecified atom stereocenters. The fourth-order valence-electron chi connectivity index (χ4n) is 1.24. The highest BCUT2D eigenvalue weighted by Gasteiger charge is 1.97. The molecule has 2 aromatic carbocycles. The first kappa shape index (κ1) is 11.0. The molecule has 0 saturated carbocycles. The van der Waals surface area contributed by atoms with Crippen LogP contribution in [0.2, 0.25) is 0 Å². The lowest BCUT2D eigenvalue weighted by Crippen LogP contribution is -1.84. The zero-order chi connectivity index (χ0) is 11.4. The van der Waals surface area contributed by atoms with Gasteiger partial charge in [-0.3, -0.25) is 0 Å². The molecule has 2 rings (SSSR count). The molecule has 0 aromatic heterocycles. The van der Waals surface area contributed by atoms with Crippen LogP contribution >= 0.6 is 22.6 Å². The SMILES string of the molecule is N#Cc1ccc(Oc2ccc(I)cc2)cc1. The van der Waals surface area contributed by atoms with Crippen LogP contribution in [0.5, 0.6) is 11.5 Å². The molecule has 0 saturated heterocycles. The van der Waals surface area contributed by atoms with E-state index in [0.717, 1.165) is 11.5 Å². The number of nitrogens with zero attached hydrogens (tertiary/aromatic N) is 1. The van der Waals surface area contributed by atoms with Crippen molar-refractivity contribution in [3.05, 3.63) is 57.7 Å². The van der Waals surface area contributed by atoms with Crippen LogP contribution in [0.25, 0.3) is 0 Å². The van der Waals surface area contributed by atoms with Crippen LogP contribution in [0, 0.1) is 14.9 Å². The van der Waals surface area contributed by atoms with E-state index in [2.05, 4.69) is 28.7 Å². The second-order valence-corrected chi connectivity index (χ2v) is 4.44. The van der Waals surface area contributed by atoms with E-state index in [0.29, 0.717) is 5.56 Å². The van der Waals surface area contributed by atoms with Crippen molar-refractivity contribution in [3.63, 3.8) is 0 Å². The zero-order valence-corrected chi connectivity index (χ0v) is 10.5. The number of hydrogen-bond donors (Lipinski definition) is 0. The molecule has 0 aliphatic rings. The van der Waals surface area contributed by atoms with Gasteiger partial charge in [-0.15, -0.1) is 0 Å². The number of halogens is 1. The van der Waals surface area contributed by atoms with Gasteiger partial charge >= 0.3 is 0 Å². The maximum absolute atomic E-state index is 8.66. The standard InChI is InChI=1S/C13H8INO/c14-11-3-7-13(8-4-11)16-12-5-1-10(9-15)2-6-12/h1-8H. The number of rotatable bonds is 2. The Morgan fingerprint density at radius 2 is 1.38 bits per heavy atom. The van der Waals surface area contributed by atoms with Crippen molar-refractivity contribution in [2.24, 2.45) is 0 Å². The maximum Gasteiger partial charge on any atom is 0.127 e. The summed E-state index contributed by atoms with van der Waals surface area (Å²) in [6, 6.07) is 16.9. The Kier molecular flexibility index (Phi) is 3.42. The third kappa shape index (κ3) is 2.74. The predicted octanol–water partition coefficient (Wildman–Crippen LogP) is 3.96. The molecule has 0 aliphatic carbocycles. The molecular formula is C13H8INO. The van der Waals surface area contributed by atoms with Gasteiger partial charge in [-0.2, -0.15) is 5.26 Å². The topological polar surface area (TPSA) is 33.0 Å². The lowest BCUT2D eigenvalue weighted by molar-refractivity contribution is 0.482. The molecule has 16 heavy (non-hydrogen) atoms. The number of benzene rings is 2. The highest BCUT2D eigenvalue weighted by atomic mass is 127. The van der Waals surface area contributed by atoms with Crippen LogP contribution in [-0.2, 0) is 0 Å². The van der Waals surface area contributed by atoms with Crippen LogP contribution in [0.4, 0.5) is 0 Å². The van der Waals surface area contributed by atoms with Crippen molar-refractivity contribution < 1.29 is 4.74 Å². The van der Waals surface area contributed by atoms with Gasteiger partial charge in [0.2, 0.25) is 0 Å². The minimum absolute atomic E-state index is 0.634. The first-order chi connectivity index (χ1) is 7.78. The molecule has 3 heteroatoms. The molecule has 0 bridgehead atoms. The smallest absolute Gasteiger partial charge is 0.127 e. The molecule has 78 valence electrons. The summed E-state index contributed by atoms with van der Waals surface area (Å²) in [6.45, 7) is 0. The number of hydrogen-bond acceptors (Lipinski definition) is 2. The highest BCUT2D eigenvalue weighted by molar-refractivity contribution is 14.1. The van der Waals surface area contributed by atoms with Crippen LogP contribution in [0.3, 0.4) is 0 Å². The minimum atomic E-state index is 0.634. The highest BCUT2D eigenvalue weighted by Crippen LogP contribution is 2.22. The molecule has 0 N–H and O–H groups in total. The summed E-state index contributed by atoms with van der Waals surface area (Å²) in [7, 11) is 0. The molecule has 0 atom stereocenters. The third-order valence-corrected chi connectivity index (χ3v) is 2.75. The van der Waals surface area contributed by atoms with Crippen molar-refractivity contribution in [1.29, 1.82) is 5.26 Å². The Bertz CT molecular complexity index is 511. The van der Waals surface area contributed by atoms with E-state index < -0.39 is 0 Å². The van der Waals surface area contributed by atoms with E-state index in [1.54, 1.807) is 24.3 Å². The van der Waals surface area contributed by atoms with Crippen molar-refractivity contribution in [1.82, 2.24) is 0 Å². The van der Waals surface area contributed by atoms with Crippen LogP contribution in [-0.4, -0.2) is 0 Å². The second-order valence-electron chi connectivity index (χ2n) is 3.19. The largest absolute Gasteiger partial charge is 0.457 e. The Morgan fingerprint density at radius 3 is 1.88 bits per heavy atom. The van der Waals surface area contributed by atoms with Crippen LogP contribution in [0.1, 0.15) is 5.56 Å². The van der Waals surface area contributed by atoms with Gasteiger partial charge in [0.25, 0.3) is 0 Å². The Morgan fingerprint density at radius 1 is 0.875 bits per heavy atom. The molecule has 0 radical (unpaired) electrons. The van der Waals surface area contributed by atoms with Crippen molar-refractivity contribution in [3.8, 4) is 17.6 Å². The van der Waals surface area contributed by atoms with E-state index >= 15 is 0 Å². The monoisotopic (exact) mass is 321 g/mol. The lowest BCUT2D eigenvalue weighted by Gasteiger charge is -2.05. The van der Waals surface area contributed by atoms with Gasteiger partial charge in [0.15, 0.2) is 0 Å². The Hall–Kier alpha value is -1.54. The Labute approximate surface area is 108 Å². The van der Waals surface area contributed by atoms with Gasteiger partial charge < -0.3 is 4.74 Å². The van der Waals surface area contributed by atoms with Crippen LogP contribution in [0.15, 0.2) is 48.5 Å². The summed E-state index contributed by atoms with van der Waals surface area (Å²) in [6.07, 6.45) is 0. The van der Waals surface area contributed by atoms with E-state index in [-0.39, 0.29) is 0 Å². The fourth-order valence-corrected chi connectivity index (χ4v) is 1.60. The summed E-state index contributed by atoms with van der Waals surface area (Å²) in [5, 5.41) is 8.66. The minimum Gasteiger partial charge on any atom is -0.457 e. The molecule has 2 aromatic rings. The average molecular weight is 321 g/mol. The summed E-state index contributed by atoms with van der Waals surface area (Å²) in [5.74, 6) is 1.53. The normalized spacial score (nSPS) is 9.50. The molecule has 0 spiro atoms. The summed E-state index contributed by atoms with van der Waals surface area (Å²) < 4.78 is 6.79. The third-order valence-electron chi connectivity index (χ3n) is 2.03. The van der Waals surface area contributed by atoms with Crippen molar-refractivity contribution in [2.45, 2.75) is 0 Å². The fraction of sp³-hybridized carbons (Fsp3) is 0. The molecule has 0 aliphatic heterocycles. The van der Waals surface area contributed by atoms with E-state index in [9.17, 15) is 0 Å². The molecular weight excluding hydrogens is 313 g/mol.